The molecule has 1 N–H and O–H groups in total. The fraction of sp³-hybridized carbons (Fsp3) is 0.667. The molecule has 2 nitrogen and oxygen atoms in total. The van der Waals surface area contributed by atoms with Gasteiger partial charge >= 0.3 is 0 Å². The van der Waals surface area contributed by atoms with Gasteiger partial charge < -0.3 is 5.32 Å². The molecule has 1 heterocycles. The molecule has 1 radical (unpaired) electrons. The van der Waals surface area contributed by atoms with Gasteiger partial charge in [-0.25, -0.2) is 0 Å². The first-order valence-electron chi connectivity index (χ1n) is 3.00. The molecular weight excluding hydrogens is 100 g/mol. The molecule has 1 aliphatic rings. The Morgan fingerprint density at radius 3 is 3.00 bits per heavy atom. The lowest BCUT2D eigenvalue weighted by Crippen LogP contribution is -2.28. The van der Waals surface area contributed by atoms with Crippen LogP contribution in [0.3, 0.4) is 0 Å². The van der Waals surface area contributed by atoms with Crippen LogP contribution in [0.15, 0.2) is 4.99 Å². The van der Waals surface area contributed by atoms with Crippen LogP contribution >= 0.6 is 0 Å². The molecule has 8 heavy (non-hydrogen) atoms. The van der Waals surface area contributed by atoms with Crippen LogP contribution in [0.25, 0.3) is 0 Å². The monoisotopic (exact) mass is 111 g/mol. The van der Waals surface area contributed by atoms with E-state index < -0.39 is 0 Å². The van der Waals surface area contributed by atoms with Crippen molar-refractivity contribution in [3.05, 3.63) is 6.92 Å². The van der Waals surface area contributed by atoms with Crippen molar-refractivity contribution < 1.29 is 0 Å². The van der Waals surface area contributed by atoms with Gasteiger partial charge in [-0.3, -0.25) is 4.99 Å². The van der Waals surface area contributed by atoms with Gasteiger partial charge in [-0.15, -0.1) is 0 Å². The summed E-state index contributed by atoms with van der Waals surface area (Å²) in [5, 5.41) is 3.16. The second-order valence-electron chi connectivity index (χ2n) is 1.86. The third-order valence-electron chi connectivity index (χ3n) is 1.20. The molecule has 0 saturated carbocycles. The van der Waals surface area contributed by atoms with Crippen molar-refractivity contribution >= 4 is 5.84 Å². The Hall–Kier alpha value is -0.530. The van der Waals surface area contributed by atoms with Gasteiger partial charge in [0, 0.05) is 19.5 Å². The number of hydrogen-bond acceptors (Lipinski definition) is 2. The van der Waals surface area contributed by atoms with Crippen LogP contribution < -0.4 is 5.32 Å². The second-order valence-corrected chi connectivity index (χ2v) is 1.86. The third-order valence-corrected chi connectivity index (χ3v) is 1.20. The van der Waals surface area contributed by atoms with E-state index in [2.05, 4.69) is 17.2 Å². The zero-order chi connectivity index (χ0) is 5.82. The Morgan fingerprint density at radius 1 is 1.75 bits per heavy atom. The van der Waals surface area contributed by atoms with Gasteiger partial charge in [-0.2, -0.15) is 0 Å². The van der Waals surface area contributed by atoms with Crippen LogP contribution in [0.2, 0.25) is 0 Å². The molecule has 0 amide bonds. The van der Waals surface area contributed by atoms with Gasteiger partial charge in [0.25, 0.3) is 0 Å². The van der Waals surface area contributed by atoms with Gasteiger partial charge in [-0.05, 0) is 13.3 Å². The van der Waals surface area contributed by atoms with E-state index in [1.807, 2.05) is 0 Å². The molecule has 1 aliphatic heterocycles. The predicted molar refractivity (Wildman–Crippen MR) is 34.9 cm³/mol. The van der Waals surface area contributed by atoms with E-state index in [9.17, 15) is 0 Å². The number of hydrogen-bond donors (Lipinski definition) is 1. The van der Waals surface area contributed by atoms with E-state index in [0.717, 1.165) is 25.3 Å². The maximum Gasteiger partial charge on any atom is 0.0963 e. The number of nitrogens with one attached hydrogen (secondary N) is 1. The van der Waals surface area contributed by atoms with Gasteiger partial charge in [0.05, 0.1) is 5.84 Å². The van der Waals surface area contributed by atoms with Crippen molar-refractivity contribution in [1.82, 2.24) is 5.32 Å². The maximum atomic E-state index is 4.19. The summed E-state index contributed by atoms with van der Waals surface area (Å²) in [4.78, 5) is 4.19. The molecule has 0 aromatic rings. The Bertz CT molecular complexity index is 96.7. The molecule has 0 spiro atoms. The maximum absolute atomic E-state index is 4.19. The van der Waals surface area contributed by atoms with Crippen molar-refractivity contribution in [2.75, 3.05) is 13.1 Å². The Kier molecular flexibility index (Phi) is 1.89. The first-order chi connectivity index (χ1) is 3.93. The van der Waals surface area contributed by atoms with Gasteiger partial charge in [0.1, 0.15) is 0 Å². The first kappa shape index (κ1) is 5.60. The van der Waals surface area contributed by atoms with E-state index >= 15 is 0 Å². The van der Waals surface area contributed by atoms with Crippen molar-refractivity contribution in [2.24, 2.45) is 4.99 Å². The predicted octanol–water partition coefficient (Wildman–Crippen LogP) is 0.602. The summed E-state index contributed by atoms with van der Waals surface area (Å²) in [5.74, 6) is 1.07. The Labute approximate surface area is 50.0 Å². The smallest absolute Gasteiger partial charge is 0.0963 e. The fourth-order valence-corrected chi connectivity index (χ4v) is 0.749. The lowest BCUT2D eigenvalue weighted by Gasteiger charge is -2.11. The quantitative estimate of drug-likeness (QED) is 0.526. The molecule has 0 aromatic carbocycles. The number of nitrogens with zero attached hydrogens (tertiary/aromatic N) is 1. The largest absolute Gasteiger partial charge is 0.374 e. The molecule has 2 heteroatoms. The molecule has 0 aliphatic carbocycles. The topological polar surface area (TPSA) is 24.4 Å². The second kappa shape index (κ2) is 2.70. The standard InChI is InChI=1S/C6H11N2/c1-2-6-7-4-3-5-8-6/h1-5H2,(H,7,8). The summed E-state index contributed by atoms with van der Waals surface area (Å²) in [6, 6.07) is 0. The molecule has 0 fully saturated rings. The van der Waals surface area contributed by atoms with E-state index in [1.165, 1.54) is 6.42 Å². The van der Waals surface area contributed by atoms with Crippen LogP contribution in [0.4, 0.5) is 0 Å². The van der Waals surface area contributed by atoms with E-state index in [4.69, 9.17) is 0 Å². The normalized spacial score (nSPS) is 19.4. The highest BCUT2D eigenvalue weighted by molar-refractivity contribution is 5.82. The molecule has 0 unspecified atom stereocenters. The lowest BCUT2D eigenvalue weighted by atomic mass is 10.3. The van der Waals surface area contributed by atoms with Crippen molar-refractivity contribution in [3.63, 3.8) is 0 Å². The lowest BCUT2D eigenvalue weighted by molar-refractivity contribution is 0.733. The van der Waals surface area contributed by atoms with Gasteiger partial charge in [0.2, 0.25) is 0 Å². The molecule has 0 atom stereocenters. The fourth-order valence-electron chi connectivity index (χ4n) is 0.749. The van der Waals surface area contributed by atoms with E-state index in [0.29, 0.717) is 0 Å². The minimum absolute atomic E-state index is 0.806. The van der Waals surface area contributed by atoms with E-state index in [1.54, 1.807) is 0 Å². The van der Waals surface area contributed by atoms with Crippen molar-refractivity contribution in [3.8, 4) is 0 Å². The molecule has 0 bridgehead atoms. The number of amidine groups is 1. The van der Waals surface area contributed by atoms with Crippen LogP contribution in [-0.4, -0.2) is 18.9 Å². The van der Waals surface area contributed by atoms with Crippen LogP contribution in [0.1, 0.15) is 12.8 Å². The van der Waals surface area contributed by atoms with Crippen LogP contribution in [0.5, 0.6) is 0 Å². The van der Waals surface area contributed by atoms with Gasteiger partial charge in [0.15, 0.2) is 0 Å². The summed E-state index contributed by atoms with van der Waals surface area (Å²) >= 11 is 0. The highest BCUT2D eigenvalue weighted by Gasteiger charge is 1.98. The zero-order valence-corrected chi connectivity index (χ0v) is 4.98. The molecular formula is C6H11N2. The van der Waals surface area contributed by atoms with Crippen molar-refractivity contribution in [1.29, 1.82) is 0 Å². The summed E-state index contributed by atoms with van der Waals surface area (Å²) in [7, 11) is 0. The summed E-state index contributed by atoms with van der Waals surface area (Å²) in [6.07, 6.45) is 1.98. The first-order valence-corrected chi connectivity index (χ1v) is 3.00. The number of aliphatic imine (C=N–C) groups is 1. The molecule has 1 rings (SSSR count). The van der Waals surface area contributed by atoms with E-state index in [-0.39, 0.29) is 0 Å². The summed E-state index contributed by atoms with van der Waals surface area (Å²) < 4.78 is 0. The Morgan fingerprint density at radius 2 is 2.62 bits per heavy atom. The zero-order valence-electron chi connectivity index (χ0n) is 4.98. The highest BCUT2D eigenvalue weighted by atomic mass is 15.0. The van der Waals surface area contributed by atoms with Gasteiger partial charge in [-0.1, -0.05) is 0 Å². The van der Waals surface area contributed by atoms with Crippen molar-refractivity contribution in [2.45, 2.75) is 12.8 Å². The minimum atomic E-state index is 0.806. The average molecular weight is 111 g/mol. The SMILES string of the molecule is [CH2]CC1=NCCCN1. The highest BCUT2D eigenvalue weighted by Crippen LogP contribution is 1.90. The van der Waals surface area contributed by atoms with Crippen LogP contribution in [0, 0.1) is 6.92 Å². The Balaban J connectivity index is 2.37. The average Bonchev–Trinajstić information content (AvgIpc) is 1.90. The third kappa shape index (κ3) is 1.22. The van der Waals surface area contributed by atoms with Crippen LogP contribution in [-0.2, 0) is 0 Å². The molecule has 0 aromatic heterocycles. The minimum Gasteiger partial charge on any atom is -0.374 e. The molecule has 0 saturated heterocycles. The number of rotatable bonds is 1. The summed E-state index contributed by atoms with van der Waals surface area (Å²) in [6.45, 7) is 5.78. The molecule has 45 valence electrons. The summed E-state index contributed by atoms with van der Waals surface area (Å²) in [5.41, 5.74) is 0.